The molecular weight excluding hydrogens is 354 g/mol. The second-order valence-electron chi connectivity index (χ2n) is 8.16. The van der Waals surface area contributed by atoms with Gasteiger partial charge in [-0.2, -0.15) is 5.26 Å². The number of anilines is 1. The van der Waals surface area contributed by atoms with E-state index in [1.54, 1.807) is 23.1 Å². The van der Waals surface area contributed by atoms with E-state index in [9.17, 15) is 14.9 Å². The molecule has 3 aliphatic rings. The maximum atomic E-state index is 13.8. The van der Waals surface area contributed by atoms with E-state index in [4.69, 9.17) is 10.5 Å². The molecule has 6 nitrogen and oxygen atoms in total. The molecule has 0 unspecified atom stereocenters. The number of ketones is 1. The number of Topliss-reactive ketones (excluding diaryl/α,β-unsaturated/α-hetero) is 1. The fourth-order valence-electron chi connectivity index (χ4n) is 4.65. The monoisotopic (exact) mass is 375 g/mol. The molecule has 0 aromatic heterocycles. The van der Waals surface area contributed by atoms with E-state index >= 15 is 0 Å². The highest BCUT2D eigenvalue weighted by Gasteiger charge is 2.62. The number of nitrogens with two attached hydrogens (primary N) is 1. The molecule has 142 valence electrons. The van der Waals surface area contributed by atoms with Crippen molar-refractivity contribution in [3.8, 4) is 6.07 Å². The van der Waals surface area contributed by atoms with Gasteiger partial charge in [0.05, 0.1) is 5.57 Å². The minimum absolute atomic E-state index is 0.0247. The zero-order valence-corrected chi connectivity index (χ0v) is 15.9. The summed E-state index contributed by atoms with van der Waals surface area (Å²) < 4.78 is 5.75. The first-order valence-corrected chi connectivity index (χ1v) is 9.15. The van der Waals surface area contributed by atoms with Crippen LogP contribution in [0.15, 0.2) is 59.7 Å². The minimum Gasteiger partial charge on any atom is -0.444 e. The fraction of sp³-hybridized carbons (Fsp3) is 0.318. The molecule has 0 fully saturated rings. The summed E-state index contributed by atoms with van der Waals surface area (Å²) in [5.41, 5.74) is 5.72. The third kappa shape index (κ3) is 2.13. The Hall–Kier alpha value is -3.33. The Balaban J connectivity index is 2.10. The number of carbonyl (C=O) groups is 2. The summed E-state index contributed by atoms with van der Waals surface area (Å²) in [5.74, 6) is -0.274. The largest absolute Gasteiger partial charge is 0.444 e. The number of carbonyl (C=O) groups excluding carboxylic acids is 2. The van der Waals surface area contributed by atoms with E-state index in [2.05, 4.69) is 12.6 Å². The van der Waals surface area contributed by atoms with Gasteiger partial charge in [-0.25, -0.2) is 0 Å². The molecule has 0 saturated carbocycles. The number of amides is 1. The average molecular weight is 375 g/mol. The molecule has 28 heavy (non-hydrogen) atoms. The lowest BCUT2D eigenvalue weighted by molar-refractivity contribution is -0.125. The fourth-order valence-corrected chi connectivity index (χ4v) is 4.65. The molecule has 2 aliphatic heterocycles. The Morgan fingerprint density at radius 2 is 2.04 bits per heavy atom. The third-order valence-corrected chi connectivity index (χ3v) is 5.65. The van der Waals surface area contributed by atoms with Crippen molar-refractivity contribution in [1.29, 1.82) is 5.26 Å². The van der Waals surface area contributed by atoms with Crippen LogP contribution in [-0.4, -0.2) is 18.2 Å². The molecule has 1 aromatic carbocycles. The minimum atomic E-state index is -1.56. The van der Waals surface area contributed by atoms with Gasteiger partial charge in [-0.15, -0.1) is 6.58 Å². The van der Waals surface area contributed by atoms with Gasteiger partial charge in [0.15, 0.2) is 5.78 Å². The van der Waals surface area contributed by atoms with Crippen LogP contribution in [0.4, 0.5) is 5.69 Å². The predicted molar refractivity (Wildman–Crippen MR) is 104 cm³/mol. The van der Waals surface area contributed by atoms with Gasteiger partial charge in [-0.05, 0) is 11.5 Å². The van der Waals surface area contributed by atoms with Crippen LogP contribution in [-0.2, 0) is 19.7 Å². The van der Waals surface area contributed by atoms with Gasteiger partial charge < -0.3 is 15.4 Å². The number of rotatable bonds is 2. The SMILES string of the molecule is C=CCN1C(=O)[C@]2(C(C#N)=C(N)OC3=C2C(=O)CC(C)(C)C3)c2ccccc21. The highest BCUT2D eigenvalue weighted by molar-refractivity contribution is 6.20. The van der Waals surface area contributed by atoms with Gasteiger partial charge in [0.25, 0.3) is 0 Å². The first-order chi connectivity index (χ1) is 13.3. The Morgan fingerprint density at radius 3 is 2.71 bits per heavy atom. The lowest BCUT2D eigenvalue weighted by atomic mass is 9.62. The standard InChI is InChI=1S/C22H21N3O3/c1-4-9-25-15-8-6-5-7-13(15)22(20(25)27)14(12-23)19(24)28-17-11-21(2,3)10-16(26)18(17)22/h4-8H,1,9-11,24H2,2-3H3/t22-/m0/s1. The Morgan fingerprint density at radius 1 is 1.32 bits per heavy atom. The number of nitriles is 1. The summed E-state index contributed by atoms with van der Waals surface area (Å²) in [4.78, 5) is 28.6. The van der Waals surface area contributed by atoms with Gasteiger partial charge in [-0.1, -0.05) is 38.1 Å². The van der Waals surface area contributed by atoms with Gasteiger partial charge in [0.1, 0.15) is 22.8 Å². The predicted octanol–water partition coefficient (Wildman–Crippen LogP) is 2.82. The molecule has 4 rings (SSSR count). The number of para-hydroxylation sites is 1. The lowest BCUT2D eigenvalue weighted by Gasteiger charge is -2.41. The van der Waals surface area contributed by atoms with Crippen molar-refractivity contribution in [2.75, 3.05) is 11.4 Å². The number of allylic oxidation sites excluding steroid dienone is 1. The maximum Gasteiger partial charge on any atom is 0.248 e. The highest BCUT2D eigenvalue weighted by Crippen LogP contribution is 2.57. The van der Waals surface area contributed by atoms with Crippen LogP contribution in [0, 0.1) is 16.7 Å². The molecule has 0 bridgehead atoms. The van der Waals surface area contributed by atoms with Crippen LogP contribution in [0.25, 0.3) is 0 Å². The third-order valence-electron chi connectivity index (χ3n) is 5.65. The zero-order valence-electron chi connectivity index (χ0n) is 15.9. The maximum absolute atomic E-state index is 13.8. The van der Waals surface area contributed by atoms with Crippen LogP contribution in [0.1, 0.15) is 32.3 Å². The van der Waals surface area contributed by atoms with E-state index in [1.165, 1.54) is 0 Å². The van der Waals surface area contributed by atoms with Crippen molar-refractivity contribution >= 4 is 17.4 Å². The van der Waals surface area contributed by atoms with Gasteiger partial charge in [0, 0.05) is 30.6 Å². The molecular formula is C22H21N3O3. The zero-order chi connectivity index (χ0) is 20.3. The van der Waals surface area contributed by atoms with Crippen molar-refractivity contribution in [1.82, 2.24) is 0 Å². The summed E-state index contributed by atoms with van der Waals surface area (Å²) >= 11 is 0. The summed E-state index contributed by atoms with van der Waals surface area (Å²) in [6.07, 6.45) is 2.35. The molecule has 1 aromatic rings. The number of nitrogens with zero attached hydrogens (tertiary/aromatic N) is 2. The number of ether oxygens (including phenoxy) is 1. The second-order valence-corrected chi connectivity index (χ2v) is 8.16. The number of benzene rings is 1. The summed E-state index contributed by atoms with van der Waals surface area (Å²) in [5, 5.41) is 9.93. The Kier molecular flexibility index (Phi) is 3.76. The molecule has 1 aliphatic carbocycles. The van der Waals surface area contributed by atoms with E-state index in [-0.39, 0.29) is 47.1 Å². The molecule has 2 heterocycles. The van der Waals surface area contributed by atoms with E-state index in [0.717, 1.165) is 0 Å². The van der Waals surface area contributed by atoms with Gasteiger partial charge in [-0.3, -0.25) is 9.59 Å². The smallest absolute Gasteiger partial charge is 0.248 e. The lowest BCUT2D eigenvalue weighted by Crippen LogP contribution is -2.50. The van der Waals surface area contributed by atoms with Crippen LogP contribution in [0.3, 0.4) is 0 Å². The van der Waals surface area contributed by atoms with Crippen molar-refractivity contribution in [3.05, 3.63) is 65.3 Å². The molecule has 0 saturated heterocycles. The quantitative estimate of drug-likeness (QED) is 0.802. The van der Waals surface area contributed by atoms with Crippen molar-refractivity contribution in [2.24, 2.45) is 11.1 Å². The van der Waals surface area contributed by atoms with Gasteiger partial charge in [0.2, 0.25) is 11.8 Å². The molecule has 1 spiro atoms. The number of hydrogen-bond donors (Lipinski definition) is 1. The van der Waals surface area contributed by atoms with Crippen molar-refractivity contribution < 1.29 is 14.3 Å². The van der Waals surface area contributed by atoms with Crippen LogP contribution in [0.5, 0.6) is 0 Å². The highest BCUT2D eigenvalue weighted by atomic mass is 16.5. The van der Waals surface area contributed by atoms with Crippen molar-refractivity contribution in [2.45, 2.75) is 32.1 Å². The summed E-state index contributed by atoms with van der Waals surface area (Å²) in [6, 6.07) is 9.27. The number of hydrogen-bond acceptors (Lipinski definition) is 5. The van der Waals surface area contributed by atoms with E-state index in [0.29, 0.717) is 23.4 Å². The van der Waals surface area contributed by atoms with E-state index in [1.807, 2.05) is 26.0 Å². The topological polar surface area (TPSA) is 96.4 Å². The summed E-state index contributed by atoms with van der Waals surface area (Å²) in [7, 11) is 0. The molecule has 0 radical (unpaired) electrons. The van der Waals surface area contributed by atoms with Gasteiger partial charge >= 0.3 is 0 Å². The van der Waals surface area contributed by atoms with Crippen LogP contribution < -0.4 is 10.6 Å². The summed E-state index contributed by atoms with van der Waals surface area (Å²) in [6.45, 7) is 7.94. The van der Waals surface area contributed by atoms with Crippen LogP contribution in [0.2, 0.25) is 0 Å². The molecule has 1 amide bonds. The molecule has 6 heteroatoms. The second kappa shape index (κ2) is 5.83. The molecule has 1 atom stereocenters. The Labute approximate surface area is 163 Å². The number of fused-ring (bicyclic) bond motifs is 3. The first-order valence-electron chi connectivity index (χ1n) is 9.15. The first kappa shape index (κ1) is 18.1. The molecule has 2 N–H and O–H groups in total. The Bertz CT molecular complexity index is 1040. The average Bonchev–Trinajstić information content (AvgIpc) is 2.85. The van der Waals surface area contributed by atoms with Crippen molar-refractivity contribution in [3.63, 3.8) is 0 Å². The van der Waals surface area contributed by atoms with E-state index < -0.39 is 5.41 Å². The van der Waals surface area contributed by atoms with Crippen LogP contribution >= 0.6 is 0 Å². The normalized spacial score (nSPS) is 25.4.